The van der Waals surface area contributed by atoms with Crippen molar-refractivity contribution in [3.63, 3.8) is 0 Å². The van der Waals surface area contributed by atoms with Gasteiger partial charge in [-0.25, -0.2) is 9.59 Å². The number of rotatable bonds is 9. The standard InChI is InChI=1S/C25H28N2O10/c1-5-34-17(28)12-16-19(23(31)36-7-3)25(20(21(26)37-16)22(30)33-4)14-10-8-9-11-15(14)27(24(25)32)13-18(29)35-6-2/h8-11H,5-7,12-13,26H2,1-4H3/t25-/m0/s1. The fourth-order valence-corrected chi connectivity index (χ4v) is 4.48. The fourth-order valence-electron chi connectivity index (χ4n) is 4.48. The molecule has 2 aliphatic rings. The molecule has 0 aromatic heterocycles. The zero-order valence-corrected chi connectivity index (χ0v) is 21.0. The Morgan fingerprint density at radius 3 is 2.16 bits per heavy atom. The molecule has 1 aromatic carbocycles. The number of ether oxygens (including phenoxy) is 5. The van der Waals surface area contributed by atoms with E-state index in [9.17, 15) is 24.0 Å². The lowest BCUT2D eigenvalue weighted by Gasteiger charge is -2.36. The molecular formula is C25H28N2O10. The first-order valence-corrected chi connectivity index (χ1v) is 11.6. The molecule has 0 fully saturated rings. The van der Waals surface area contributed by atoms with Crippen LogP contribution >= 0.6 is 0 Å². The second-order valence-electron chi connectivity index (χ2n) is 7.80. The predicted molar refractivity (Wildman–Crippen MR) is 126 cm³/mol. The van der Waals surface area contributed by atoms with Crippen LogP contribution in [-0.4, -0.2) is 63.3 Å². The van der Waals surface area contributed by atoms with Crippen LogP contribution in [0.1, 0.15) is 32.8 Å². The van der Waals surface area contributed by atoms with E-state index in [2.05, 4.69) is 0 Å². The number of carbonyl (C=O) groups excluding carboxylic acids is 5. The van der Waals surface area contributed by atoms with Crippen molar-refractivity contribution in [3.05, 3.63) is 52.6 Å². The van der Waals surface area contributed by atoms with Gasteiger partial charge in [-0.3, -0.25) is 19.3 Å². The largest absolute Gasteiger partial charge is 0.466 e. The molecule has 2 N–H and O–H groups in total. The first-order chi connectivity index (χ1) is 17.7. The number of hydrogen-bond donors (Lipinski definition) is 1. The normalized spacial score (nSPS) is 18.4. The van der Waals surface area contributed by atoms with Gasteiger partial charge >= 0.3 is 23.9 Å². The molecule has 0 saturated carbocycles. The monoisotopic (exact) mass is 516 g/mol. The minimum atomic E-state index is -2.24. The molecule has 1 aromatic rings. The zero-order chi connectivity index (χ0) is 27.3. The average molecular weight is 517 g/mol. The molecule has 2 aliphatic heterocycles. The third kappa shape index (κ3) is 4.61. The Hall–Kier alpha value is -4.35. The summed E-state index contributed by atoms with van der Waals surface area (Å²) in [6.07, 6.45) is -0.591. The van der Waals surface area contributed by atoms with Crippen LogP contribution in [0.3, 0.4) is 0 Å². The number of hydrogen-bond acceptors (Lipinski definition) is 11. The van der Waals surface area contributed by atoms with Crippen LogP contribution in [0.4, 0.5) is 5.69 Å². The van der Waals surface area contributed by atoms with Crippen molar-refractivity contribution in [2.24, 2.45) is 5.73 Å². The highest BCUT2D eigenvalue weighted by molar-refractivity contribution is 6.23. The van der Waals surface area contributed by atoms with Crippen LogP contribution in [0.2, 0.25) is 0 Å². The summed E-state index contributed by atoms with van der Waals surface area (Å²) in [6.45, 7) is 4.24. The predicted octanol–water partition coefficient (Wildman–Crippen LogP) is 0.978. The number of nitrogens with zero attached hydrogens (tertiary/aromatic N) is 1. The van der Waals surface area contributed by atoms with Crippen LogP contribution in [-0.2, 0) is 53.1 Å². The van der Waals surface area contributed by atoms with E-state index in [4.69, 9.17) is 29.4 Å². The topological polar surface area (TPSA) is 161 Å². The third-order valence-electron chi connectivity index (χ3n) is 5.75. The van der Waals surface area contributed by atoms with Crippen LogP contribution in [0.25, 0.3) is 0 Å². The lowest BCUT2D eigenvalue weighted by atomic mass is 9.67. The quantitative estimate of drug-likeness (QED) is 0.368. The molecule has 0 radical (unpaired) electrons. The Morgan fingerprint density at radius 2 is 1.54 bits per heavy atom. The summed E-state index contributed by atoms with van der Waals surface area (Å²) in [5.41, 5.74) is 3.33. The fraction of sp³-hybridized carbons (Fsp3) is 0.400. The summed E-state index contributed by atoms with van der Waals surface area (Å²) in [6, 6.07) is 6.23. The molecule has 0 aliphatic carbocycles. The molecule has 3 rings (SSSR count). The molecule has 12 nitrogen and oxygen atoms in total. The number of fused-ring (bicyclic) bond motifs is 2. The van der Waals surface area contributed by atoms with E-state index < -0.39 is 65.2 Å². The molecule has 198 valence electrons. The van der Waals surface area contributed by atoms with E-state index in [0.717, 1.165) is 12.0 Å². The van der Waals surface area contributed by atoms with Gasteiger partial charge < -0.3 is 29.4 Å². The van der Waals surface area contributed by atoms with Gasteiger partial charge in [0.15, 0.2) is 0 Å². The molecule has 1 spiro atoms. The number of amides is 1. The highest BCUT2D eigenvalue weighted by Crippen LogP contribution is 2.55. The van der Waals surface area contributed by atoms with E-state index in [1.165, 1.54) is 12.1 Å². The molecule has 1 amide bonds. The van der Waals surface area contributed by atoms with Crippen LogP contribution in [0.5, 0.6) is 0 Å². The number of anilines is 1. The van der Waals surface area contributed by atoms with Gasteiger partial charge in [0.2, 0.25) is 11.8 Å². The number of benzene rings is 1. The maximum atomic E-state index is 14.3. The number of nitrogens with two attached hydrogens (primary N) is 1. The minimum absolute atomic E-state index is 0.0415. The van der Waals surface area contributed by atoms with Gasteiger partial charge in [-0.05, 0) is 26.8 Å². The SMILES string of the molecule is CCOC(=O)CC1=C(C(=O)OCC)[C@]2(C(=O)N(CC(=O)OCC)c3ccccc32)C(C(=O)OC)=C(N)O1. The van der Waals surface area contributed by atoms with Crippen molar-refractivity contribution < 1.29 is 47.7 Å². The smallest absolute Gasteiger partial charge is 0.340 e. The Labute approximate surface area is 212 Å². The summed E-state index contributed by atoms with van der Waals surface area (Å²) in [5.74, 6) is -5.35. The maximum absolute atomic E-state index is 14.3. The Morgan fingerprint density at radius 1 is 0.919 bits per heavy atom. The number of esters is 4. The third-order valence-corrected chi connectivity index (χ3v) is 5.75. The van der Waals surface area contributed by atoms with E-state index in [1.54, 1.807) is 32.9 Å². The van der Waals surface area contributed by atoms with Gasteiger partial charge in [-0.1, -0.05) is 18.2 Å². The summed E-state index contributed by atoms with van der Waals surface area (Å²) < 4.78 is 25.8. The maximum Gasteiger partial charge on any atom is 0.340 e. The minimum Gasteiger partial charge on any atom is -0.466 e. The van der Waals surface area contributed by atoms with Crippen LogP contribution in [0, 0.1) is 0 Å². The number of carbonyl (C=O) groups is 5. The van der Waals surface area contributed by atoms with Gasteiger partial charge in [-0.2, -0.15) is 0 Å². The molecule has 0 saturated heterocycles. The van der Waals surface area contributed by atoms with Crippen molar-refractivity contribution in [2.45, 2.75) is 32.6 Å². The zero-order valence-electron chi connectivity index (χ0n) is 21.0. The lowest BCUT2D eigenvalue weighted by Crippen LogP contribution is -2.51. The molecular weight excluding hydrogens is 488 g/mol. The van der Waals surface area contributed by atoms with Crippen molar-refractivity contribution in [1.29, 1.82) is 0 Å². The summed E-state index contributed by atoms with van der Waals surface area (Å²) in [5, 5.41) is 0. The first-order valence-electron chi connectivity index (χ1n) is 11.6. The average Bonchev–Trinajstić information content (AvgIpc) is 3.07. The van der Waals surface area contributed by atoms with Gasteiger partial charge in [0, 0.05) is 11.3 Å². The molecule has 0 bridgehead atoms. The molecule has 12 heteroatoms. The van der Waals surface area contributed by atoms with Crippen molar-refractivity contribution in [3.8, 4) is 0 Å². The highest BCUT2D eigenvalue weighted by atomic mass is 16.6. The first kappa shape index (κ1) is 27.2. The molecule has 2 heterocycles. The van der Waals surface area contributed by atoms with Gasteiger partial charge in [0.05, 0.1) is 26.9 Å². The molecule has 0 unspecified atom stereocenters. The second-order valence-corrected chi connectivity index (χ2v) is 7.80. The van der Waals surface area contributed by atoms with E-state index in [-0.39, 0.29) is 36.8 Å². The summed E-state index contributed by atoms with van der Waals surface area (Å²) in [4.78, 5) is 66.9. The van der Waals surface area contributed by atoms with E-state index in [1.807, 2.05) is 0 Å². The highest BCUT2D eigenvalue weighted by Gasteiger charge is 2.64. The van der Waals surface area contributed by atoms with Gasteiger partial charge in [-0.15, -0.1) is 0 Å². The number of para-hydroxylation sites is 1. The van der Waals surface area contributed by atoms with Crippen LogP contribution < -0.4 is 10.6 Å². The van der Waals surface area contributed by atoms with Crippen molar-refractivity contribution in [2.75, 3.05) is 38.4 Å². The van der Waals surface area contributed by atoms with Crippen molar-refractivity contribution in [1.82, 2.24) is 0 Å². The summed E-state index contributed by atoms with van der Waals surface area (Å²) in [7, 11) is 1.07. The van der Waals surface area contributed by atoms with Gasteiger partial charge in [0.25, 0.3) is 0 Å². The Bertz CT molecular complexity index is 1200. The molecule has 1 atom stereocenters. The van der Waals surface area contributed by atoms with Crippen LogP contribution in [0.15, 0.2) is 47.1 Å². The van der Waals surface area contributed by atoms with E-state index >= 15 is 0 Å². The van der Waals surface area contributed by atoms with Gasteiger partial charge in [0.1, 0.15) is 35.3 Å². The number of methoxy groups -OCH3 is 1. The van der Waals surface area contributed by atoms with E-state index in [0.29, 0.717) is 0 Å². The van der Waals surface area contributed by atoms with Crippen molar-refractivity contribution >= 4 is 35.5 Å². The second kappa shape index (κ2) is 11.1. The Balaban J connectivity index is 2.40. The molecule has 37 heavy (non-hydrogen) atoms. The lowest BCUT2D eigenvalue weighted by molar-refractivity contribution is -0.143. The summed E-state index contributed by atoms with van der Waals surface area (Å²) >= 11 is 0. The Kier molecular flexibility index (Phi) is 8.21.